The number of nitrogens with zero attached hydrogens (tertiary/aromatic N) is 1. The van der Waals surface area contributed by atoms with Gasteiger partial charge in [-0.25, -0.2) is 0 Å². The predicted molar refractivity (Wildman–Crippen MR) is 199 cm³/mol. The standard InChI is InChI=1S/C39H68NO7P/c1-6-8-10-12-14-15-16-17-18-19-20-21-22-23-24-25-26-27-29-31-34-44-36-38(47-39(41)32-30-28-13-11-9-7-2)37-46-48(42,43)45-35-33-40(3,4)5/h8,10,14-15,17-18,20-21,23-24,26-27,38H,6-7,9,11-13,16,19,22,25,28-37H2,1-5H3/b10-8-,15-14-,18-17-,21-20-,24-23-,27-26-. The molecule has 0 aromatic heterocycles. The lowest BCUT2D eigenvalue weighted by Gasteiger charge is -2.28. The van der Waals surface area contributed by atoms with Crippen molar-refractivity contribution < 1.29 is 37.3 Å². The summed E-state index contributed by atoms with van der Waals surface area (Å²) in [6.07, 6.45) is 39.5. The van der Waals surface area contributed by atoms with Crippen LogP contribution in [0.15, 0.2) is 72.9 Å². The number of phosphoric acid groups is 1. The Morgan fingerprint density at radius 2 is 1.19 bits per heavy atom. The van der Waals surface area contributed by atoms with Gasteiger partial charge in [0.05, 0.1) is 34.4 Å². The molecule has 0 spiro atoms. The van der Waals surface area contributed by atoms with Gasteiger partial charge in [0.2, 0.25) is 0 Å². The average molecular weight is 694 g/mol. The summed E-state index contributed by atoms with van der Waals surface area (Å²) in [5.41, 5.74) is 0. The van der Waals surface area contributed by atoms with Gasteiger partial charge in [0.15, 0.2) is 0 Å². The molecule has 0 aliphatic heterocycles. The molecule has 0 aliphatic carbocycles. The lowest BCUT2D eigenvalue weighted by Crippen LogP contribution is -2.37. The van der Waals surface area contributed by atoms with E-state index in [-0.39, 0.29) is 25.8 Å². The number of carbonyl (C=O) groups excluding carboxylic acids is 1. The molecule has 9 heteroatoms. The number of carbonyl (C=O) groups is 1. The second-order valence-electron chi connectivity index (χ2n) is 12.9. The van der Waals surface area contributed by atoms with Crippen LogP contribution in [0.4, 0.5) is 0 Å². The van der Waals surface area contributed by atoms with Crippen LogP contribution in [0.2, 0.25) is 0 Å². The van der Waals surface area contributed by atoms with Crippen LogP contribution >= 0.6 is 7.82 Å². The molecule has 0 rings (SSSR count). The van der Waals surface area contributed by atoms with Crippen LogP contribution in [0, 0.1) is 0 Å². The molecule has 0 heterocycles. The fourth-order valence-corrected chi connectivity index (χ4v) is 4.94. The molecule has 0 amide bonds. The highest BCUT2D eigenvalue weighted by Gasteiger charge is 2.20. The van der Waals surface area contributed by atoms with Crippen LogP contribution in [-0.2, 0) is 27.9 Å². The van der Waals surface area contributed by atoms with Crippen molar-refractivity contribution in [3.63, 3.8) is 0 Å². The molecule has 276 valence electrons. The Morgan fingerprint density at radius 1 is 0.667 bits per heavy atom. The Hall–Kier alpha value is -2.06. The maximum atomic E-state index is 12.4. The van der Waals surface area contributed by atoms with E-state index in [4.69, 9.17) is 18.5 Å². The van der Waals surface area contributed by atoms with E-state index in [2.05, 4.69) is 86.8 Å². The third kappa shape index (κ3) is 35.3. The molecule has 0 fully saturated rings. The second kappa shape index (κ2) is 32.2. The van der Waals surface area contributed by atoms with Crippen molar-refractivity contribution in [2.75, 3.05) is 54.1 Å². The van der Waals surface area contributed by atoms with Crippen LogP contribution in [0.1, 0.15) is 110 Å². The molecule has 0 saturated carbocycles. The van der Waals surface area contributed by atoms with E-state index < -0.39 is 13.9 Å². The van der Waals surface area contributed by atoms with Crippen molar-refractivity contribution in [2.45, 2.75) is 116 Å². The molecular weight excluding hydrogens is 625 g/mol. The molecule has 2 unspecified atom stereocenters. The van der Waals surface area contributed by atoms with Crippen molar-refractivity contribution in [1.29, 1.82) is 0 Å². The first kappa shape index (κ1) is 45.9. The number of quaternary nitrogens is 1. The third-order valence-electron chi connectivity index (χ3n) is 7.02. The summed E-state index contributed by atoms with van der Waals surface area (Å²) in [5.74, 6) is -0.368. The highest BCUT2D eigenvalue weighted by Crippen LogP contribution is 2.38. The van der Waals surface area contributed by atoms with Gasteiger partial charge in [0.1, 0.15) is 19.3 Å². The first-order chi connectivity index (χ1) is 23.1. The largest absolute Gasteiger partial charge is 0.756 e. The fourth-order valence-electron chi connectivity index (χ4n) is 4.21. The number of ether oxygens (including phenoxy) is 2. The van der Waals surface area contributed by atoms with Crippen LogP contribution in [0.5, 0.6) is 0 Å². The summed E-state index contributed by atoms with van der Waals surface area (Å²) >= 11 is 0. The maximum absolute atomic E-state index is 12.4. The molecule has 0 aromatic rings. The van der Waals surface area contributed by atoms with E-state index in [1.54, 1.807) is 0 Å². The number of rotatable bonds is 32. The van der Waals surface area contributed by atoms with Crippen LogP contribution in [0.25, 0.3) is 0 Å². The van der Waals surface area contributed by atoms with Crippen molar-refractivity contribution in [3.05, 3.63) is 72.9 Å². The molecule has 0 aromatic carbocycles. The molecule has 0 aliphatic rings. The lowest BCUT2D eigenvalue weighted by atomic mass is 10.1. The normalized spacial score (nSPS) is 14.9. The Kier molecular flexibility index (Phi) is 30.8. The van der Waals surface area contributed by atoms with Crippen molar-refractivity contribution in [3.8, 4) is 0 Å². The molecule has 2 atom stereocenters. The Labute approximate surface area is 293 Å². The van der Waals surface area contributed by atoms with E-state index in [1.165, 1.54) is 19.3 Å². The molecule has 0 radical (unpaired) electrons. The van der Waals surface area contributed by atoms with Crippen LogP contribution in [0.3, 0.4) is 0 Å². The van der Waals surface area contributed by atoms with Crippen molar-refractivity contribution in [1.82, 2.24) is 0 Å². The first-order valence-electron chi connectivity index (χ1n) is 18.2. The molecule has 0 N–H and O–H groups in total. The summed E-state index contributed by atoms with van der Waals surface area (Å²) < 4.78 is 34.1. The maximum Gasteiger partial charge on any atom is 0.306 e. The van der Waals surface area contributed by atoms with Gasteiger partial charge in [0, 0.05) is 13.0 Å². The minimum Gasteiger partial charge on any atom is -0.756 e. The zero-order chi connectivity index (χ0) is 35.6. The average Bonchev–Trinajstić information content (AvgIpc) is 3.03. The van der Waals surface area contributed by atoms with Gasteiger partial charge >= 0.3 is 5.97 Å². The number of unbranched alkanes of at least 4 members (excludes halogenated alkanes) is 6. The van der Waals surface area contributed by atoms with E-state index in [0.29, 0.717) is 24.1 Å². The van der Waals surface area contributed by atoms with Gasteiger partial charge in [-0.2, -0.15) is 0 Å². The van der Waals surface area contributed by atoms with Gasteiger partial charge < -0.3 is 27.9 Å². The van der Waals surface area contributed by atoms with Crippen molar-refractivity contribution in [2.24, 2.45) is 0 Å². The third-order valence-corrected chi connectivity index (χ3v) is 7.99. The van der Waals surface area contributed by atoms with Crippen molar-refractivity contribution >= 4 is 13.8 Å². The monoisotopic (exact) mass is 693 g/mol. The number of hydrogen-bond acceptors (Lipinski definition) is 7. The van der Waals surface area contributed by atoms with Crippen LogP contribution < -0.4 is 4.89 Å². The number of hydrogen-bond donors (Lipinski definition) is 0. The minimum atomic E-state index is -4.53. The second-order valence-corrected chi connectivity index (χ2v) is 14.3. The molecular formula is C39H68NO7P. The zero-order valence-electron chi connectivity index (χ0n) is 30.9. The molecule has 48 heavy (non-hydrogen) atoms. The summed E-state index contributed by atoms with van der Waals surface area (Å²) in [4.78, 5) is 24.7. The first-order valence-corrected chi connectivity index (χ1v) is 19.6. The summed E-state index contributed by atoms with van der Waals surface area (Å²) in [7, 11) is 1.30. The fraction of sp³-hybridized carbons (Fsp3) is 0.667. The molecule has 8 nitrogen and oxygen atoms in total. The SMILES string of the molecule is CC/C=C\C/C=C\C/C=C\C/C=C\C/C=C\C/C=C\CCCOCC(COP(=O)([O-])OCC[N+](C)(C)C)OC(=O)CCCCCCCC. The summed E-state index contributed by atoms with van der Waals surface area (Å²) in [6.45, 7) is 5.03. The Balaban J connectivity index is 4.32. The van der Waals surface area contributed by atoms with E-state index in [9.17, 15) is 14.3 Å². The minimum absolute atomic E-state index is 0.0118. The number of phosphoric ester groups is 1. The topological polar surface area (TPSA) is 94.1 Å². The Morgan fingerprint density at radius 3 is 1.73 bits per heavy atom. The summed E-state index contributed by atoms with van der Waals surface area (Å²) in [5, 5.41) is 0. The highest BCUT2D eigenvalue weighted by atomic mass is 31.2. The van der Waals surface area contributed by atoms with Gasteiger partial charge in [-0.1, -0.05) is 119 Å². The quantitative estimate of drug-likeness (QED) is 0.0228. The predicted octanol–water partition coefficient (Wildman–Crippen LogP) is 9.35. The number of esters is 1. The summed E-state index contributed by atoms with van der Waals surface area (Å²) in [6, 6.07) is 0. The van der Waals surface area contributed by atoms with Gasteiger partial charge in [0.25, 0.3) is 7.82 Å². The molecule has 0 bridgehead atoms. The van der Waals surface area contributed by atoms with Gasteiger partial charge in [-0.3, -0.25) is 9.36 Å². The van der Waals surface area contributed by atoms with E-state index in [1.807, 2.05) is 21.1 Å². The number of likely N-dealkylation sites (N-methyl/N-ethyl adjacent to an activating group) is 1. The van der Waals surface area contributed by atoms with Gasteiger partial charge in [-0.05, 0) is 57.8 Å². The van der Waals surface area contributed by atoms with E-state index >= 15 is 0 Å². The zero-order valence-corrected chi connectivity index (χ0v) is 31.8. The lowest BCUT2D eigenvalue weighted by molar-refractivity contribution is -0.870. The van der Waals surface area contributed by atoms with Crippen LogP contribution in [-0.4, -0.2) is 70.7 Å². The highest BCUT2D eigenvalue weighted by molar-refractivity contribution is 7.45. The number of allylic oxidation sites excluding steroid dienone is 12. The smallest absolute Gasteiger partial charge is 0.306 e. The molecule has 0 saturated heterocycles. The van der Waals surface area contributed by atoms with E-state index in [0.717, 1.165) is 70.6 Å². The Bertz CT molecular complexity index is 995. The van der Waals surface area contributed by atoms with Gasteiger partial charge in [-0.15, -0.1) is 0 Å².